The lowest BCUT2D eigenvalue weighted by molar-refractivity contribution is 0.00991. The number of aliphatic hydroxyl groups is 1. The van der Waals surface area contributed by atoms with Crippen molar-refractivity contribution in [1.82, 2.24) is 20.2 Å². The van der Waals surface area contributed by atoms with E-state index in [1.165, 1.54) is 0 Å². The molecule has 0 fully saturated rings. The molecule has 5 heteroatoms. The summed E-state index contributed by atoms with van der Waals surface area (Å²) in [4.78, 5) is 0. The summed E-state index contributed by atoms with van der Waals surface area (Å²) >= 11 is 0. The van der Waals surface area contributed by atoms with E-state index in [0.717, 1.165) is 5.82 Å². The summed E-state index contributed by atoms with van der Waals surface area (Å²) in [5.41, 5.74) is -0.818. The largest absolute Gasteiger partial charge is 0.388 e. The van der Waals surface area contributed by atoms with Gasteiger partial charge >= 0.3 is 0 Å². The topological polar surface area (TPSA) is 63.8 Å². The van der Waals surface area contributed by atoms with Gasteiger partial charge in [-0.1, -0.05) is 34.6 Å². The van der Waals surface area contributed by atoms with Crippen molar-refractivity contribution in [3.05, 3.63) is 5.82 Å². The lowest BCUT2D eigenvalue weighted by atomic mass is 9.94. The van der Waals surface area contributed by atoms with Crippen LogP contribution in [0.3, 0.4) is 0 Å². The SMILES string of the molecule is CCC(O)(CC)Cn1nnnc1C(C)(C)C. The van der Waals surface area contributed by atoms with Crippen LogP contribution in [0.4, 0.5) is 0 Å². The van der Waals surface area contributed by atoms with Gasteiger partial charge in [0.15, 0.2) is 5.82 Å². The fourth-order valence-corrected chi connectivity index (χ4v) is 1.60. The van der Waals surface area contributed by atoms with Crippen molar-refractivity contribution in [1.29, 1.82) is 0 Å². The Bertz CT molecular complexity index is 336. The van der Waals surface area contributed by atoms with E-state index >= 15 is 0 Å². The van der Waals surface area contributed by atoms with Crippen molar-refractivity contribution in [2.75, 3.05) is 0 Å². The second-order valence-corrected chi connectivity index (χ2v) is 5.34. The van der Waals surface area contributed by atoms with E-state index < -0.39 is 5.60 Å². The Balaban J connectivity index is 2.94. The molecule has 16 heavy (non-hydrogen) atoms. The highest BCUT2D eigenvalue weighted by atomic mass is 16.3. The maximum absolute atomic E-state index is 10.3. The van der Waals surface area contributed by atoms with Crippen LogP contribution in [0.15, 0.2) is 0 Å². The van der Waals surface area contributed by atoms with Crippen LogP contribution in [-0.4, -0.2) is 30.9 Å². The lowest BCUT2D eigenvalue weighted by Gasteiger charge is -2.26. The number of rotatable bonds is 4. The van der Waals surface area contributed by atoms with Crippen LogP contribution in [0, 0.1) is 0 Å². The Kier molecular flexibility index (Phi) is 3.68. The summed E-state index contributed by atoms with van der Waals surface area (Å²) in [5, 5.41) is 22.0. The van der Waals surface area contributed by atoms with Crippen molar-refractivity contribution in [3.8, 4) is 0 Å². The summed E-state index contributed by atoms with van der Waals surface area (Å²) < 4.78 is 1.72. The summed E-state index contributed by atoms with van der Waals surface area (Å²) in [7, 11) is 0. The molecule has 0 bridgehead atoms. The minimum atomic E-state index is -0.713. The molecule has 0 saturated heterocycles. The third-order valence-corrected chi connectivity index (χ3v) is 2.96. The molecule has 0 saturated carbocycles. The molecule has 5 nitrogen and oxygen atoms in total. The fourth-order valence-electron chi connectivity index (χ4n) is 1.60. The van der Waals surface area contributed by atoms with Gasteiger partial charge in [-0.05, 0) is 23.3 Å². The molecule has 1 rings (SSSR count). The van der Waals surface area contributed by atoms with Crippen LogP contribution >= 0.6 is 0 Å². The molecular weight excluding hydrogens is 204 g/mol. The molecule has 1 aromatic heterocycles. The lowest BCUT2D eigenvalue weighted by Crippen LogP contribution is -2.35. The molecule has 0 aliphatic rings. The van der Waals surface area contributed by atoms with E-state index in [2.05, 4.69) is 36.3 Å². The normalized spacial score (nSPS) is 13.1. The first-order chi connectivity index (χ1) is 7.32. The van der Waals surface area contributed by atoms with E-state index in [4.69, 9.17) is 0 Å². The highest BCUT2D eigenvalue weighted by molar-refractivity contribution is 4.99. The van der Waals surface area contributed by atoms with Crippen LogP contribution in [0.5, 0.6) is 0 Å². The molecule has 1 heterocycles. The Morgan fingerprint density at radius 1 is 1.19 bits per heavy atom. The monoisotopic (exact) mass is 226 g/mol. The van der Waals surface area contributed by atoms with Crippen molar-refractivity contribution >= 4 is 0 Å². The number of hydrogen-bond donors (Lipinski definition) is 1. The molecule has 0 aliphatic carbocycles. The van der Waals surface area contributed by atoms with Gasteiger partial charge in [0.25, 0.3) is 0 Å². The van der Waals surface area contributed by atoms with Gasteiger partial charge in [0.1, 0.15) is 0 Å². The molecule has 0 atom stereocenters. The van der Waals surface area contributed by atoms with Gasteiger partial charge in [-0.25, -0.2) is 4.68 Å². The van der Waals surface area contributed by atoms with Crippen LogP contribution in [-0.2, 0) is 12.0 Å². The quantitative estimate of drug-likeness (QED) is 0.845. The van der Waals surface area contributed by atoms with Gasteiger partial charge in [0.2, 0.25) is 0 Å². The average molecular weight is 226 g/mol. The first-order valence-electron chi connectivity index (χ1n) is 5.81. The standard InChI is InChI=1S/C11H22N4O/c1-6-11(16,7-2)8-15-9(10(3,4)5)12-13-14-15/h16H,6-8H2,1-5H3. The fraction of sp³-hybridized carbons (Fsp3) is 0.909. The van der Waals surface area contributed by atoms with Crippen molar-refractivity contribution in [3.63, 3.8) is 0 Å². The highest BCUT2D eigenvalue weighted by Crippen LogP contribution is 2.22. The average Bonchev–Trinajstić information content (AvgIpc) is 2.65. The third-order valence-electron chi connectivity index (χ3n) is 2.96. The molecular formula is C11H22N4O. The highest BCUT2D eigenvalue weighted by Gasteiger charge is 2.28. The predicted molar refractivity (Wildman–Crippen MR) is 62.0 cm³/mol. The Hall–Kier alpha value is -0.970. The smallest absolute Gasteiger partial charge is 0.156 e. The first kappa shape index (κ1) is 13.1. The maximum atomic E-state index is 10.3. The van der Waals surface area contributed by atoms with Gasteiger partial charge < -0.3 is 5.11 Å². The number of tetrazole rings is 1. The zero-order valence-electron chi connectivity index (χ0n) is 10.9. The molecule has 0 unspecified atom stereocenters. The number of hydrogen-bond acceptors (Lipinski definition) is 4. The van der Waals surface area contributed by atoms with Crippen LogP contribution in [0.2, 0.25) is 0 Å². The predicted octanol–water partition coefficient (Wildman–Crippen LogP) is 1.52. The zero-order valence-corrected chi connectivity index (χ0v) is 10.9. The number of nitrogens with zero attached hydrogens (tertiary/aromatic N) is 4. The molecule has 1 N–H and O–H groups in total. The van der Waals surface area contributed by atoms with Crippen LogP contribution < -0.4 is 0 Å². The maximum Gasteiger partial charge on any atom is 0.156 e. The third kappa shape index (κ3) is 2.78. The van der Waals surface area contributed by atoms with Crippen molar-refractivity contribution < 1.29 is 5.11 Å². The van der Waals surface area contributed by atoms with E-state index in [0.29, 0.717) is 19.4 Å². The van der Waals surface area contributed by atoms with Gasteiger partial charge in [0.05, 0.1) is 12.1 Å². The molecule has 1 aromatic rings. The van der Waals surface area contributed by atoms with E-state index in [9.17, 15) is 5.11 Å². The van der Waals surface area contributed by atoms with Crippen molar-refractivity contribution in [2.45, 2.75) is 65.0 Å². The Morgan fingerprint density at radius 3 is 2.19 bits per heavy atom. The first-order valence-corrected chi connectivity index (χ1v) is 5.81. The van der Waals surface area contributed by atoms with E-state index in [1.807, 2.05) is 13.8 Å². The molecule has 0 spiro atoms. The minimum Gasteiger partial charge on any atom is -0.388 e. The van der Waals surface area contributed by atoms with Gasteiger partial charge in [-0.2, -0.15) is 0 Å². The second-order valence-electron chi connectivity index (χ2n) is 5.34. The number of aromatic nitrogens is 4. The summed E-state index contributed by atoms with van der Waals surface area (Å²) in [6.45, 7) is 10.6. The summed E-state index contributed by atoms with van der Waals surface area (Å²) in [6.07, 6.45) is 1.40. The van der Waals surface area contributed by atoms with Crippen molar-refractivity contribution in [2.24, 2.45) is 0 Å². The molecule has 0 aromatic carbocycles. The zero-order chi connectivity index (χ0) is 12.4. The Labute approximate surface area is 96.9 Å². The molecule has 92 valence electrons. The molecule has 0 aliphatic heterocycles. The van der Waals surface area contributed by atoms with Gasteiger partial charge in [-0.3, -0.25) is 0 Å². The Morgan fingerprint density at radius 2 is 1.75 bits per heavy atom. The van der Waals surface area contributed by atoms with E-state index in [-0.39, 0.29) is 5.41 Å². The summed E-state index contributed by atoms with van der Waals surface area (Å²) in [6, 6.07) is 0. The van der Waals surface area contributed by atoms with E-state index in [1.54, 1.807) is 4.68 Å². The molecule has 0 amide bonds. The van der Waals surface area contributed by atoms with Crippen LogP contribution in [0.1, 0.15) is 53.3 Å². The van der Waals surface area contributed by atoms with Gasteiger partial charge in [-0.15, -0.1) is 5.10 Å². The van der Waals surface area contributed by atoms with Gasteiger partial charge in [0, 0.05) is 5.41 Å². The van der Waals surface area contributed by atoms with Crippen LogP contribution in [0.25, 0.3) is 0 Å². The second kappa shape index (κ2) is 4.49. The molecule has 0 radical (unpaired) electrons. The summed E-state index contributed by atoms with van der Waals surface area (Å²) in [5.74, 6) is 0.813. The minimum absolute atomic E-state index is 0.105.